The van der Waals surface area contributed by atoms with Gasteiger partial charge in [-0.2, -0.15) is 0 Å². The Morgan fingerprint density at radius 1 is 1.05 bits per heavy atom. The zero-order valence-corrected chi connectivity index (χ0v) is 37.9. The van der Waals surface area contributed by atoms with Crippen molar-refractivity contribution in [2.24, 2.45) is 29.1 Å². The van der Waals surface area contributed by atoms with Gasteiger partial charge >= 0.3 is 18.2 Å². The molecule has 59 heavy (non-hydrogen) atoms. The highest BCUT2D eigenvalue weighted by molar-refractivity contribution is 6.30. The summed E-state index contributed by atoms with van der Waals surface area (Å²) in [6.45, 7) is 18.7. The molecular weight excluding hydrogens is 782 g/mol. The number of ether oxygens (including phenoxy) is 6. The van der Waals surface area contributed by atoms with Crippen LogP contribution < -0.4 is 5.32 Å². The molecule has 332 valence electrons. The molecule has 0 spiro atoms. The fourth-order valence-corrected chi connectivity index (χ4v) is 10.4. The molecule has 4 aliphatic heterocycles. The van der Waals surface area contributed by atoms with Crippen LogP contribution in [-0.4, -0.2) is 127 Å². The zero-order chi connectivity index (χ0) is 43.9. The third-order valence-electron chi connectivity index (χ3n) is 13.5. The molecule has 5 rings (SSSR count). The van der Waals surface area contributed by atoms with Crippen molar-refractivity contribution < 1.29 is 52.7 Å². The molecule has 0 unspecified atom stereocenters. The average molecular weight is 850 g/mol. The number of halogens is 1. The van der Waals surface area contributed by atoms with Crippen LogP contribution in [-0.2, 0) is 38.0 Å². The maximum Gasteiger partial charge on any atom is 0.410 e. The van der Waals surface area contributed by atoms with E-state index < -0.39 is 89.8 Å². The van der Waals surface area contributed by atoms with Gasteiger partial charge in [0.15, 0.2) is 11.9 Å². The van der Waals surface area contributed by atoms with Gasteiger partial charge in [0.25, 0.3) is 0 Å². The number of likely N-dealkylation sites (tertiary alicyclic amines) is 1. The number of hydrogen-bond acceptors (Lipinski definition) is 12. The number of benzene rings is 1. The van der Waals surface area contributed by atoms with E-state index in [0.717, 1.165) is 5.56 Å². The maximum absolute atomic E-state index is 14.7. The minimum Gasteiger partial charge on any atom is -0.458 e. The Morgan fingerprint density at radius 2 is 1.73 bits per heavy atom. The third kappa shape index (κ3) is 9.73. The Labute approximate surface area is 355 Å². The standard InChI is InChI=1S/C44H68ClN3O11/c1-14-32-44(10)36(46-40(52)59-44)25(4)33(49)23(2)20-43(9,54-13)37(58-39-34(50)30(47(11)12)18-24(3)55-39)26(5)35(27(6)38(51)56-32)57-41(53)48-22-42(7,8)21-31(48)28-16-15-17-29(45)19-28/h15-17,19,23-27,30-32,34-37,39,50H,14,18,20-22H2,1-13H3,(H,46,52)/t23-,24-,25+,26+,27-,30+,31-,32-,34-,35+,36-,37-,39+,43-,44-/m1/s1. The van der Waals surface area contributed by atoms with Crippen LogP contribution in [0.25, 0.3) is 0 Å². The maximum atomic E-state index is 14.7. The van der Waals surface area contributed by atoms with Crippen molar-refractivity contribution in [2.45, 2.75) is 161 Å². The number of alkyl carbamates (subject to hydrolysis) is 1. The van der Waals surface area contributed by atoms with Crippen molar-refractivity contribution in [3.63, 3.8) is 0 Å². The predicted octanol–water partition coefficient (Wildman–Crippen LogP) is 6.54. The molecular formula is C44H68ClN3O11. The van der Waals surface area contributed by atoms with Gasteiger partial charge in [0.2, 0.25) is 0 Å². The van der Waals surface area contributed by atoms with E-state index in [-0.39, 0.29) is 42.2 Å². The number of amides is 2. The number of nitrogens with one attached hydrogen (secondary N) is 1. The fraction of sp³-hybridized carbons (Fsp3) is 0.773. The summed E-state index contributed by atoms with van der Waals surface area (Å²) in [4.78, 5) is 60.2. The molecule has 4 saturated heterocycles. The highest BCUT2D eigenvalue weighted by atomic mass is 35.5. The molecule has 4 fully saturated rings. The third-order valence-corrected chi connectivity index (χ3v) is 13.8. The van der Waals surface area contributed by atoms with Crippen molar-refractivity contribution in [2.75, 3.05) is 27.7 Å². The van der Waals surface area contributed by atoms with E-state index in [0.29, 0.717) is 24.4 Å². The number of aliphatic hydroxyl groups is 1. The Kier molecular flexibility index (Phi) is 14.5. The second-order valence-electron chi connectivity index (χ2n) is 19.0. The zero-order valence-electron chi connectivity index (χ0n) is 37.2. The number of hydrogen-bond donors (Lipinski definition) is 2. The first kappa shape index (κ1) is 47.0. The molecule has 4 heterocycles. The molecule has 0 saturated carbocycles. The first-order chi connectivity index (χ1) is 27.5. The van der Waals surface area contributed by atoms with Gasteiger partial charge in [-0.1, -0.05) is 65.3 Å². The molecule has 1 aromatic carbocycles. The van der Waals surface area contributed by atoms with Gasteiger partial charge in [-0.3, -0.25) is 9.59 Å². The molecule has 0 aliphatic carbocycles. The normalized spacial score (nSPS) is 40.8. The molecule has 0 bridgehead atoms. The van der Waals surface area contributed by atoms with Gasteiger partial charge in [0.05, 0.1) is 35.8 Å². The number of Topliss-reactive ketones (excluding diaryl/α,β-unsaturated/α-hetero) is 1. The molecule has 0 aromatic heterocycles. The average Bonchev–Trinajstić information content (AvgIpc) is 3.68. The van der Waals surface area contributed by atoms with Crippen LogP contribution in [0.1, 0.15) is 107 Å². The molecule has 14 nitrogen and oxygen atoms in total. The lowest BCUT2D eigenvalue weighted by atomic mass is 9.73. The van der Waals surface area contributed by atoms with E-state index in [1.165, 1.54) is 7.11 Å². The van der Waals surface area contributed by atoms with Crippen LogP contribution in [0.5, 0.6) is 0 Å². The first-order valence-corrected chi connectivity index (χ1v) is 21.5. The van der Waals surface area contributed by atoms with Gasteiger partial charge in [-0.15, -0.1) is 0 Å². The highest BCUT2D eigenvalue weighted by Crippen LogP contribution is 2.45. The minimum atomic E-state index is -1.40. The number of ketones is 1. The molecule has 2 amide bonds. The SMILES string of the molecule is CC[C@H]1OC(=O)[C@H](C)[C@@H](OC(=O)N2CC(C)(C)C[C@@H]2c2cccc(Cl)c2)[C@H](C)[C@@H](O[C@@H]2O[C@H](C)C[C@H](N(C)C)[C@H]2O)[C@](C)(OC)C[C@@H](C)C(=O)[C@H](C)[C@H]2NC(=O)O[C@@]21C. The summed E-state index contributed by atoms with van der Waals surface area (Å²) < 4.78 is 38.2. The quantitative estimate of drug-likeness (QED) is 0.226. The fourth-order valence-electron chi connectivity index (χ4n) is 10.2. The smallest absolute Gasteiger partial charge is 0.410 e. The van der Waals surface area contributed by atoms with Crippen LogP contribution in [0.4, 0.5) is 9.59 Å². The number of rotatable bonds is 7. The van der Waals surface area contributed by atoms with Crippen molar-refractivity contribution in [1.29, 1.82) is 0 Å². The van der Waals surface area contributed by atoms with Gasteiger partial charge < -0.3 is 48.6 Å². The van der Waals surface area contributed by atoms with Crippen molar-refractivity contribution >= 4 is 35.5 Å². The van der Waals surface area contributed by atoms with E-state index in [4.69, 9.17) is 40.0 Å². The summed E-state index contributed by atoms with van der Waals surface area (Å²) in [6.07, 6.45) is -5.45. The van der Waals surface area contributed by atoms with E-state index in [2.05, 4.69) is 19.2 Å². The summed E-state index contributed by atoms with van der Waals surface area (Å²) in [5.41, 5.74) is -2.10. The Morgan fingerprint density at radius 3 is 2.34 bits per heavy atom. The van der Waals surface area contributed by atoms with Crippen LogP contribution in [0, 0.1) is 29.1 Å². The monoisotopic (exact) mass is 849 g/mol. The highest BCUT2D eigenvalue weighted by Gasteiger charge is 2.58. The molecule has 2 N–H and O–H groups in total. The number of carbonyl (C=O) groups is 4. The number of likely N-dealkylation sites (N-methyl/N-ethyl adjacent to an activating group) is 1. The lowest BCUT2D eigenvalue weighted by Crippen LogP contribution is -2.61. The van der Waals surface area contributed by atoms with E-state index in [9.17, 15) is 24.3 Å². The number of cyclic esters (lactones) is 1. The molecule has 15 atom stereocenters. The number of fused-ring (bicyclic) bond motifs is 1. The number of nitrogens with zero attached hydrogens (tertiary/aromatic N) is 2. The Balaban J connectivity index is 1.63. The van der Waals surface area contributed by atoms with E-state index in [1.54, 1.807) is 38.7 Å². The van der Waals surface area contributed by atoms with Crippen molar-refractivity contribution in [1.82, 2.24) is 15.1 Å². The van der Waals surface area contributed by atoms with Crippen molar-refractivity contribution in [3.05, 3.63) is 34.9 Å². The molecule has 15 heteroatoms. The number of carbonyl (C=O) groups excluding carboxylic acids is 4. The predicted molar refractivity (Wildman–Crippen MR) is 221 cm³/mol. The Bertz CT molecular complexity index is 1700. The summed E-state index contributed by atoms with van der Waals surface area (Å²) in [5, 5.41) is 15.1. The molecule has 1 aromatic rings. The number of aliphatic hydroxyl groups excluding tert-OH is 1. The van der Waals surface area contributed by atoms with Crippen LogP contribution >= 0.6 is 11.6 Å². The van der Waals surface area contributed by atoms with E-state index in [1.807, 2.05) is 64.9 Å². The van der Waals surface area contributed by atoms with Gasteiger partial charge in [-0.25, -0.2) is 9.59 Å². The number of esters is 1. The topological polar surface area (TPSA) is 162 Å². The number of methoxy groups -OCH3 is 1. The van der Waals surface area contributed by atoms with Gasteiger partial charge in [0.1, 0.15) is 24.1 Å². The van der Waals surface area contributed by atoms with Crippen molar-refractivity contribution in [3.8, 4) is 0 Å². The second kappa shape index (κ2) is 18.1. The van der Waals surface area contributed by atoms with Gasteiger partial charge in [0, 0.05) is 42.5 Å². The molecule has 4 aliphatic rings. The van der Waals surface area contributed by atoms with Crippen LogP contribution in [0.3, 0.4) is 0 Å². The Hall–Kier alpha value is -3.01. The lowest BCUT2D eigenvalue weighted by molar-refractivity contribution is -0.301. The molecule has 0 radical (unpaired) electrons. The summed E-state index contributed by atoms with van der Waals surface area (Å²) >= 11 is 6.43. The summed E-state index contributed by atoms with van der Waals surface area (Å²) in [5.74, 6) is -4.18. The minimum absolute atomic E-state index is 0.128. The first-order valence-electron chi connectivity index (χ1n) is 21.1. The van der Waals surface area contributed by atoms with E-state index >= 15 is 0 Å². The lowest BCUT2D eigenvalue weighted by Gasteiger charge is -2.48. The second-order valence-corrected chi connectivity index (χ2v) is 19.5. The van der Waals surface area contributed by atoms with Crippen LogP contribution in [0.15, 0.2) is 24.3 Å². The van der Waals surface area contributed by atoms with Crippen LogP contribution in [0.2, 0.25) is 5.02 Å². The summed E-state index contributed by atoms with van der Waals surface area (Å²) in [6, 6.07) is 5.91. The summed E-state index contributed by atoms with van der Waals surface area (Å²) in [7, 11) is 5.28. The van der Waals surface area contributed by atoms with Gasteiger partial charge in [-0.05, 0) is 90.6 Å². The largest absolute Gasteiger partial charge is 0.458 e.